The van der Waals surface area contributed by atoms with E-state index in [1.165, 1.54) is 24.3 Å². The molecule has 0 bridgehead atoms. The maximum Gasteiger partial charge on any atom is 0.418 e. The Balaban J connectivity index is 1.70. The van der Waals surface area contributed by atoms with Gasteiger partial charge in [-0.1, -0.05) is 18.2 Å². The van der Waals surface area contributed by atoms with Gasteiger partial charge in [0.25, 0.3) is 0 Å². The van der Waals surface area contributed by atoms with E-state index in [4.69, 9.17) is 12.2 Å². The lowest BCUT2D eigenvalue weighted by molar-refractivity contribution is -0.137. The molecule has 0 amide bonds. The van der Waals surface area contributed by atoms with Gasteiger partial charge in [0.2, 0.25) is 0 Å². The molecule has 1 aliphatic rings. The number of para-hydroxylation sites is 1. The van der Waals surface area contributed by atoms with Gasteiger partial charge in [-0.05, 0) is 86.2 Å². The lowest BCUT2D eigenvalue weighted by Gasteiger charge is -2.28. The maximum atomic E-state index is 13.9. The lowest BCUT2D eigenvalue weighted by atomic mass is 9.96. The zero-order valence-corrected chi connectivity index (χ0v) is 20.2. The Bertz CT molecular complexity index is 1410. The van der Waals surface area contributed by atoms with Crippen LogP contribution in [-0.2, 0) is 6.18 Å². The molecule has 0 saturated carbocycles. The molecule has 0 radical (unpaired) electrons. The van der Waals surface area contributed by atoms with Crippen LogP contribution in [0.4, 0.5) is 23.2 Å². The molecule has 2 atom stereocenters. The Morgan fingerprint density at radius 1 is 0.944 bits per heavy atom. The Morgan fingerprint density at radius 3 is 2.31 bits per heavy atom. The number of rotatable bonds is 4. The Labute approximate surface area is 211 Å². The van der Waals surface area contributed by atoms with Crippen LogP contribution in [0.2, 0.25) is 0 Å². The number of hydrogen-bond acceptors (Lipinski definition) is 2. The lowest BCUT2D eigenvalue weighted by Crippen LogP contribution is -2.29. The van der Waals surface area contributed by atoms with E-state index < -0.39 is 17.8 Å². The fourth-order valence-electron chi connectivity index (χ4n) is 4.92. The fourth-order valence-corrected chi connectivity index (χ4v) is 5.26. The fraction of sp³-hybridized carbons (Fsp3) is 0.185. The van der Waals surface area contributed by atoms with E-state index >= 15 is 0 Å². The molecule has 0 unspecified atom stereocenters. The summed E-state index contributed by atoms with van der Waals surface area (Å²) >= 11 is 5.69. The van der Waals surface area contributed by atoms with Gasteiger partial charge in [-0.25, -0.2) is 4.39 Å². The normalized spacial score (nSPS) is 17.9. The molecule has 1 N–H and O–H groups in total. The van der Waals surface area contributed by atoms with Gasteiger partial charge < -0.3 is 14.8 Å². The number of nitrogens with zero attached hydrogens (tertiary/aromatic N) is 3. The number of nitrogens with one attached hydrogen (secondary N) is 1. The van der Waals surface area contributed by atoms with Crippen LogP contribution < -0.4 is 10.2 Å². The molecule has 1 saturated heterocycles. The Kier molecular flexibility index (Phi) is 6.04. The zero-order valence-electron chi connectivity index (χ0n) is 19.4. The summed E-state index contributed by atoms with van der Waals surface area (Å²) in [5.41, 5.74) is 2.83. The van der Waals surface area contributed by atoms with Crippen molar-refractivity contribution in [1.82, 2.24) is 14.9 Å². The number of aromatic nitrogens is 2. The van der Waals surface area contributed by atoms with Gasteiger partial charge in [0.1, 0.15) is 5.82 Å². The first-order valence-electron chi connectivity index (χ1n) is 11.3. The monoisotopic (exact) mass is 510 g/mol. The van der Waals surface area contributed by atoms with Crippen molar-refractivity contribution in [1.29, 1.82) is 0 Å². The first kappa shape index (κ1) is 24.0. The van der Waals surface area contributed by atoms with Crippen LogP contribution in [0.5, 0.6) is 0 Å². The van der Waals surface area contributed by atoms with Crippen molar-refractivity contribution < 1.29 is 17.6 Å². The van der Waals surface area contributed by atoms with Crippen LogP contribution in [-0.4, -0.2) is 14.7 Å². The van der Waals surface area contributed by atoms with Crippen LogP contribution >= 0.6 is 12.2 Å². The molecule has 3 heterocycles. The van der Waals surface area contributed by atoms with Crippen molar-refractivity contribution in [2.75, 3.05) is 4.90 Å². The minimum absolute atomic E-state index is 0.0579. The smallest absolute Gasteiger partial charge is 0.351 e. The summed E-state index contributed by atoms with van der Waals surface area (Å²) in [5, 5.41) is 3.74. The number of alkyl halides is 3. The first-order chi connectivity index (χ1) is 17.2. The van der Waals surface area contributed by atoms with E-state index in [-0.39, 0.29) is 17.5 Å². The van der Waals surface area contributed by atoms with Crippen molar-refractivity contribution >= 4 is 23.0 Å². The van der Waals surface area contributed by atoms with E-state index in [1.54, 1.807) is 42.8 Å². The molecule has 184 valence electrons. The summed E-state index contributed by atoms with van der Waals surface area (Å²) in [7, 11) is 0. The van der Waals surface area contributed by atoms with E-state index in [2.05, 4.69) is 10.3 Å². The van der Waals surface area contributed by atoms with Crippen LogP contribution in [0.1, 0.15) is 40.3 Å². The molecule has 4 aromatic rings. The number of anilines is 1. The first-order valence-corrected chi connectivity index (χ1v) is 11.7. The van der Waals surface area contributed by atoms with Gasteiger partial charge in [0, 0.05) is 23.3 Å². The van der Waals surface area contributed by atoms with Crippen LogP contribution in [0.3, 0.4) is 0 Å². The number of thiocarbonyl (C=S) groups is 1. The van der Waals surface area contributed by atoms with Crippen LogP contribution in [0.25, 0.3) is 5.69 Å². The third kappa shape index (κ3) is 4.13. The summed E-state index contributed by atoms with van der Waals surface area (Å²) in [6.07, 6.45) is -2.83. The zero-order chi connectivity index (χ0) is 25.6. The predicted octanol–water partition coefficient (Wildman–Crippen LogP) is 6.82. The number of halogens is 4. The van der Waals surface area contributed by atoms with Gasteiger partial charge in [0.05, 0.1) is 29.0 Å². The average molecular weight is 511 g/mol. The summed E-state index contributed by atoms with van der Waals surface area (Å²) in [4.78, 5) is 6.38. The average Bonchev–Trinajstić information content (AvgIpc) is 3.34. The SMILES string of the molecule is Cc1cc([C@H]2[C@@H](c3ccccn3)NC(=S)N2c2ccc(F)cc2)c(C)n1-c1ccccc1C(F)(F)F. The van der Waals surface area contributed by atoms with Crippen molar-refractivity contribution in [2.45, 2.75) is 32.1 Å². The van der Waals surface area contributed by atoms with E-state index in [0.29, 0.717) is 22.2 Å². The molecule has 9 heteroatoms. The van der Waals surface area contributed by atoms with Gasteiger partial charge in [-0.3, -0.25) is 4.98 Å². The highest BCUT2D eigenvalue weighted by Gasteiger charge is 2.43. The third-order valence-electron chi connectivity index (χ3n) is 6.44. The number of benzene rings is 2. The molecule has 1 fully saturated rings. The molecule has 36 heavy (non-hydrogen) atoms. The Morgan fingerprint density at radius 2 is 1.64 bits per heavy atom. The van der Waals surface area contributed by atoms with Crippen LogP contribution in [0.15, 0.2) is 79.0 Å². The Hall–Kier alpha value is -3.72. The van der Waals surface area contributed by atoms with Crippen LogP contribution in [0, 0.1) is 19.7 Å². The quantitative estimate of drug-likeness (QED) is 0.241. The summed E-state index contributed by atoms with van der Waals surface area (Å²) in [6, 6.07) is 18.1. The molecule has 0 spiro atoms. The number of aryl methyl sites for hydroxylation is 1. The molecule has 0 aliphatic carbocycles. The third-order valence-corrected chi connectivity index (χ3v) is 6.76. The molecule has 2 aromatic carbocycles. The predicted molar refractivity (Wildman–Crippen MR) is 135 cm³/mol. The standard InChI is InChI=1S/C27H22F4N4S/c1-16-15-20(17(2)34(16)23-9-4-3-7-21(23)27(29,30)31)25-24(22-8-5-6-14-32-22)33-26(36)35(25)19-12-10-18(28)11-13-19/h3-15,24-25H,1-2H3,(H,33,36)/t24-,25+/m1/s1. The van der Waals surface area contributed by atoms with Crippen molar-refractivity contribution in [2.24, 2.45) is 0 Å². The van der Waals surface area contributed by atoms with Gasteiger partial charge in [0.15, 0.2) is 5.11 Å². The number of hydrogen-bond donors (Lipinski definition) is 1. The van der Waals surface area contributed by atoms with E-state index in [0.717, 1.165) is 17.3 Å². The molecule has 1 aliphatic heterocycles. The van der Waals surface area contributed by atoms with Crippen molar-refractivity contribution in [3.63, 3.8) is 0 Å². The van der Waals surface area contributed by atoms with Gasteiger partial charge in [-0.2, -0.15) is 13.2 Å². The molecule has 4 nitrogen and oxygen atoms in total. The summed E-state index contributed by atoms with van der Waals surface area (Å²) in [6.45, 7) is 3.58. The second kappa shape index (κ2) is 9.05. The second-order valence-electron chi connectivity index (χ2n) is 8.65. The molecule has 5 rings (SSSR count). The van der Waals surface area contributed by atoms with Crippen molar-refractivity contribution in [3.8, 4) is 5.69 Å². The van der Waals surface area contributed by atoms with Gasteiger partial charge in [-0.15, -0.1) is 0 Å². The highest BCUT2D eigenvalue weighted by molar-refractivity contribution is 7.80. The molecular weight excluding hydrogens is 488 g/mol. The largest absolute Gasteiger partial charge is 0.418 e. The maximum absolute atomic E-state index is 13.9. The molecular formula is C27H22F4N4S. The van der Waals surface area contributed by atoms with E-state index in [9.17, 15) is 17.6 Å². The minimum atomic E-state index is -4.51. The molecule has 2 aromatic heterocycles. The summed E-state index contributed by atoms with van der Waals surface area (Å²) in [5.74, 6) is -0.378. The topological polar surface area (TPSA) is 33.1 Å². The van der Waals surface area contributed by atoms with Crippen molar-refractivity contribution in [3.05, 3.63) is 113 Å². The highest BCUT2D eigenvalue weighted by Crippen LogP contribution is 2.44. The highest BCUT2D eigenvalue weighted by atomic mass is 32.1. The second-order valence-corrected chi connectivity index (χ2v) is 9.04. The van der Waals surface area contributed by atoms with Gasteiger partial charge >= 0.3 is 6.18 Å². The minimum Gasteiger partial charge on any atom is -0.351 e. The summed E-state index contributed by atoms with van der Waals surface area (Å²) < 4.78 is 56.9. The van der Waals surface area contributed by atoms with E-state index in [1.807, 2.05) is 29.2 Å². The number of pyridine rings is 1.